The Hall–Kier alpha value is -1.33. The van der Waals surface area contributed by atoms with Crippen molar-refractivity contribution in [2.75, 3.05) is 6.54 Å². The monoisotopic (exact) mass is 244 g/mol. The SMILES string of the molecule is CCc1ccc(CNCCCC(C)(C)C#N)cc1. The molecule has 0 saturated heterocycles. The molecule has 0 bridgehead atoms. The van der Waals surface area contributed by atoms with Crippen molar-refractivity contribution in [3.63, 3.8) is 0 Å². The Morgan fingerprint density at radius 1 is 1.17 bits per heavy atom. The zero-order valence-corrected chi connectivity index (χ0v) is 11.8. The van der Waals surface area contributed by atoms with Gasteiger partial charge in [-0.05, 0) is 50.8 Å². The van der Waals surface area contributed by atoms with E-state index < -0.39 is 0 Å². The van der Waals surface area contributed by atoms with Crippen LogP contribution in [0.2, 0.25) is 0 Å². The lowest BCUT2D eigenvalue weighted by molar-refractivity contribution is 0.426. The van der Waals surface area contributed by atoms with E-state index in [0.717, 1.165) is 32.4 Å². The van der Waals surface area contributed by atoms with Crippen molar-refractivity contribution in [3.05, 3.63) is 35.4 Å². The third-order valence-corrected chi connectivity index (χ3v) is 3.22. The van der Waals surface area contributed by atoms with E-state index in [-0.39, 0.29) is 5.41 Å². The molecule has 0 unspecified atom stereocenters. The van der Waals surface area contributed by atoms with Gasteiger partial charge in [-0.3, -0.25) is 0 Å². The van der Waals surface area contributed by atoms with Crippen molar-refractivity contribution in [1.29, 1.82) is 5.26 Å². The second-order valence-electron chi connectivity index (χ2n) is 5.45. The summed E-state index contributed by atoms with van der Waals surface area (Å²) in [6.07, 6.45) is 3.09. The van der Waals surface area contributed by atoms with E-state index in [2.05, 4.69) is 42.6 Å². The van der Waals surface area contributed by atoms with Crippen molar-refractivity contribution in [1.82, 2.24) is 5.32 Å². The fourth-order valence-electron chi connectivity index (χ4n) is 1.84. The normalized spacial score (nSPS) is 11.2. The molecular formula is C16H24N2. The minimum absolute atomic E-state index is 0.190. The maximum atomic E-state index is 8.91. The van der Waals surface area contributed by atoms with Gasteiger partial charge >= 0.3 is 0 Å². The van der Waals surface area contributed by atoms with Gasteiger partial charge in [0.25, 0.3) is 0 Å². The number of rotatable bonds is 7. The van der Waals surface area contributed by atoms with Gasteiger partial charge in [0.15, 0.2) is 0 Å². The van der Waals surface area contributed by atoms with Gasteiger partial charge in [0.1, 0.15) is 0 Å². The van der Waals surface area contributed by atoms with E-state index in [1.807, 2.05) is 13.8 Å². The van der Waals surface area contributed by atoms with Crippen LogP contribution in [0.5, 0.6) is 0 Å². The molecule has 0 spiro atoms. The first-order chi connectivity index (χ1) is 8.57. The van der Waals surface area contributed by atoms with Crippen LogP contribution in [-0.2, 0) is 13.0 Å². The number of benzene rings is 1. The zero-order valence-electron chi connectivity index (χ0n) is 11.8. The lowest BCUT2D eigenvalue weighted by atomic mass is 9.90. The lowest BCUT2D eigenvalue weighted by Crippen LogP contribution is -2.17. The van der Waals surface area contributed by atoms with Crippen molar-refractivity contribution in [2.45, 2.75) is 46.6 Å². The molecule has 2 nitrogen and oxygen atoms in total. The molecule has 0 radical (unpaired) electrons. The number of nitrogens with zero attached hydrogens (tertiary/aromatic N) is 1. The summed E-state index contributed by atoms with van der Waals surface area (Å²) in [5.41, 5.74) is 2.52. The molecule has 1 N–H and O–H groups in total. The maximum absolute atomic E-state index is 8.91. The molecule has 2 heteroatoms. The molecule has 0 aliphatic carbocycles. The molecule has 0 fully saturated rings. The summed E-state index contributed by atoms with van der Waals surface area (Å²) in [6.45, 7) is 8.05. The second kappa shape index (κ2) is 7.18. The molecule has 1 rings (SSSR count). The summed E-state index contributed by atoms with van der Waals surface area (Å²) in [6, 6.07) is 11.1. The Morgan fingerprint density at radius 3 is 2.33 bits per heavy atom. The number of nitrogens with one attached hydrogen (secondary N) is 1. The highest BCUT2D eigenvalue weighted by Gasteiger charge is 2.15. The summed E-state index contributed by atoms with van der Waals surface area (Å²) in [7, 11) is 0. The molecule has 18 heavy (non-hydrogen) atoms. The van der Waals surface area contributed by atoms with E-state index in [0.29, 0.717) is 0 Å². The van der Waals surface area contributed by atoms with Crippen molar-refractivity contribution >= 4 is 0 Å². The molecule has 0 amide bonds. The number of hydrogen-bond acceptors (Lipinski definition) is 2. The first-order valence-electron chi connectivity index (χ1n) is 6.77. The van der Waals surface area contributed by atoms with E-state index in [1.54, 1.807) is 0 Å². The van der Waals surface area contributed by atoms with E-state index in [9.17, 15) is 0 Å². The molecule has 1 aromatic carbocycles. The van der Waals surface area contributed by atoms with Crippen LogP contribution in [0, 0.1) is 16.7 Å². The summed E-state index contributed by atoms with van der Waals surface area (Å²) < 4.78 is 0. The van der Waals surface area contributed by atoms with Crippen LogP contribution < -0.4 is 5.32 Å². The van der Waals surface area contributed by atoms with Crippen LogP contribution in [0.25, 0.3) is 0 Å². The second-order valence-corrected chi connectivity index (χ2v) is 5.45. The minimum atomic E-state index is -0.190. The fourth-order valence-corrected chi connectivity index (χ4v) is 1.84. The standard InChI is InChI=1S/C16H24N2/c1-4-14-6-8-15(9-7-14)12-18-11-5-10-16(2,3)13-17/h6-9,18H,4-5,10-12H2,1-3H3. The van der Waals surface area contributed by atoms with E-state index >= 15 is 0 Å². The Kier molecular flexibility index (Phi) is 5.88. The zero-order chi connectivity index (χ0) is 13.4. The van der Waals surface area contributed by atoms with Gasteiger partial charge in [0, 0.05) is 6.54 Å². The van der Waals surface area contributed by atoms with Crippen LogP contribution in [0.15, 0.2) is 24.3 Å². The first-order valence-corrected chi connectivity index (χ1v) is 6.77. The van der Waals surface area contributed by atoms with Gasteiger partial charge in [0.05, 0.1) is 11.5 Å². The fraction of sp³-hybridized carbons (Fsp3) is 0.562. The lowest BCUT2D eigenvalue weighted by Gasteiger charge is -2.14. The molecule has 1 aromatic rings. The van der Waals surface area contributed by atoms with Gasteiger partial charge in [-0.15, -0.1) is 0 Å². The summed E-state index contributed by atoms with van der Waals surface area (Å²) in [4.78, 5) is 0. The quantitative estimate of drug-likeness (QED) is 0.743. The molecule has 0 heterocycles. The van der Waals surface area contributed by atoms with Crippen LogP contribution in [0.4, 0.5) is 0 Å². The average molecular weight is 244 g/mol. The molecule has 0 aromatic heterocycles. The molecule has 0 atom stereocenters. The molecule has 0 aliphatic heterocycles. The van der Waals surface area contributed by atoms with Gasteiger partial charge in [-0.25, -0.2) is 0 Å². The molecule has 98 valence electrons. The van der Waals surface area contributed by atoms with Crippen LogP contribution >= 0.6 is 0 Å². The topological polar surface area (TPSA) is 35.8 Å². The van der Waals surface area contributed by atoms with Crippen molar-refractivity contribution < 1.29 is 0 Å². The van der Waals surface area contributed by atoms with Gasteiger partial charge < -0.3 is 5.32 Å². The Balaban J connectivity index is 2.20. The third-order valence-electron chi connectivity index (χ3n) is 3.22. The summed E-state index contributed by atoms with van der Waals surface area (Å²) >= 11 is 0. The molecular weight excluding hydrogens is 220 g/mol. The number of nitriles is 1. The summed E-state index contributed by atoms with van der Waals surface area (Å²) in [5, 5.41) is 12.3. The van der Waals surface area contributed by atoms with Gasteiger partial charge in [0.2, 0.25) is 0 Å². The molecule has 0 aliphatic rings. The predicted molar refractivity (Wildman–Crippen MR) is 76.2 cm³/mol. The van der Waals surface area contributed by atoms with Gasteiger partial charge in [-0.1, -0.05) is 31.2 Å². The van der Waals surface area contributed by atoms with Crippen LogP contribution in [0.1, 0.15) is 44.7 Å². The average Bonchev–Trinajstić information content (AvgIpc) is 2.39. The predicted octanol–water partition coefficient (Wildman–Crippen LogP) is 3.67. The first kappa shape index (κ1) is 14.7. The minimum Gasteiger partial charge on any atom is -0.313 e. The highest BCUT2D eigenvalue weighted by atomic mass is 14.8. The Labute approximate surface area is 111 Å². The maximum Gasteiger partial charge on any atom is 0.0683 e. The highest BCUT2D eigenvalue weighted by molar-refractivity contribution is 5.22. The largest absolute Gasteiger partial charge is 0.313 e. The number of aryl methyl sites for hydroxylation is 1. The van der Waals surface area contributed by atoms with Crippen LogP contribution in [0.3, 0.4) is 0 Å². The van der Waals surface area contributed by atoms with Gasteiger partial charge in [-0.2, -0.15) is 5.26 Å². The molecule has 0 saturated carbocycles. The van der Waals surface area contributed by atoms with E-state index in [1.165, 1.54) is 11.1 Å². The van der Waals surface area contributed by atoms with Crippen molar-refractivity contribution in [3.8, 4) is 6.07 Å². The Bertz CT molecular complexity index is 385. The summed E-state index contributed by atoms with van der Waals surface area (Å²) in [5.74, 6) is 0. The van der Waals surface area contributed by atoms with Crippen molar-refractivity contribution in [2.24, 2.45) is 5.41 Å². The smallest absolute Gasteiger partial charge is 0.0683 e. The third kappa shape index (κ3) is 5.33. The van der Waals surface area contributed by atoms with E-state index in [4.69, 9.17) is 5.26 Å². The highest BCUT2D eigenvalue weighted by Crippen LogP contribution is 2.19. The van der Waals surface area contributed by atoms with Crippen LogP contribution in [-0.4, -0.2) is 6.54 Å². The Morgan fingerprint density at radius 2 is 1.78 bits per heavy atom. The number of hydrogen-bond donors (Lipinski definition) is 1.